The van der Waals surface area contributed by atoms with E-state index in [1.54, 1.807) is 0 Å². The Hall–Kier alpha value is -0.810. The molecule has 1 rings (SSSR count). The van der Waals surface area contributed by atoms with Crippen molar-refractivity contribution in [2.45, 2.75) is 26.8 Å². The second-order valence-electron chi connectivity index (χ2n) is 3.84. The Bertz CT molecular complexity index is 409. The van der Waals surface area contributed by atoms with Gasteiger partial charge in [-0.05, 0) is 25.5 Å². The third kappa shape index (κ3) is 4.81. The number of rotatable bonds is 7. The first kappa shape index (κ1) is 13.3. The normalized spacial score (nSPS) is 11.9. The number of furan rings is 1. The summed E-state index contributed by atoms with van der Waals surface area (Å²) in [4.78, 5) is 0. The molecule has 0 bridgehead atoms. The molecule has 16 heavy (non-hydrogen) atoms. The third-order valence-electron chi connectivity index (χ3n) is 2.20. The number of nitrogens with one attached hydrogen (secondary N) is 1. The highest BCUT2D eigenvalue weighted by Gasteiger charge is 2.08. The predicted molar refractivity (Wildman–Crippen MR) is 64.1 cm³/mol. The van der Waals surface area contributed by atoms with E-state index >= 15 is 0 Å². The molecule has 0 aliphatic heterocycles. The fourth-order valence-electron chi connectivity index (χ4n) is 1.43. The number of hydrogen-bond donors (Lipinski definition) is 1. The molecule has 0 aliphatic rings. The molecule has 0 atom stereocenters. The Morgan fingerprint density at radius 1 is 1.31 bits per heavy atom. The molecule has 1 aromatic rings. The summed E-state index contributed by atoms with van der Waals surface area (Å²) in [5, 5.41) is 3.06. The smallest absolute Gasteiger partial charge is 0.151 e. The van der Waals surface area contributed by atoms with Gasteiger partial charge in [-0.15, -0.1) is 0 Å². The minimum atomic E-state index is -2.87. The van der Waals surface area contributed by atoms with Crippen LogP contribution in [0.5, 0.6) is 0 Å². The second-order valence-corrected chi connectivity index (χ2v) is 6.14. The summed E-state index contributed by atoms with van der Waals surface area (Å²) in [7, 11) is -2.87. The SMILES string of the molecule is CCCS(=O)(=O)CCNCc1ccc(C)o1. The van der Waals surface area contributed by atoms with Crippen molar-refractivity contribution >= 4 is 9.84 Å². The molecule has 0 unspecified atom stereocenters. The lowest BCUT2D eigenvalue weighted by Gasteiger charge is -2.03. The van der Waals surface area contributed by atoms with Crippen LogP contribution in [0.25, 0.3) is 0 Å². The lowest BCUT2D eigenvalue weighted by atomic mass is 10.4. The van der Waals surface area contributed by atoms with Crippen molar-refractivity contribution in [2.75, 3.05) is 18.1 Å². The summed E-state index contributed by atoms with van der Waals surface area (Å²) in [5.41, 5.74) is 0. The zero-order chi connectivity index (χ0) is 12.0. The van der Waals surface area contributed by atoms with Crippen LogP contribution in [0.3, 0.4) is 0 Å². The largest absolute Gasteiger partial charge is 0.465 e. The van der Waals surface area contributed by atoms with Crippen LogP contribution in [0.15, 0.2) is 16.5 Å². The van der Waals surface area contributed by atoms with Gasteiger partial charge in [-0.1, -0.05) is 6.92 Å². The standard InChI is InChI=1S/C11H19NO3S/c1-3-7-16(13,14)8-6-12-9-11-5-4-10(2)15-11/h4-5,12H,3,6-9H2,1-2H3. The zero-order valence-corrected chi connectivity index (χ0v) is 10.6. The first-order chi connectivity index (χ1) is 7.53. The second kappa shape index (κ2) is 6.06. The fraction of sp³-hybridized carbons (Fsp3) is 0.636. The maximum absolute atomic E-state index is 11.4. The molecule has 1 N–H and O–H groups in total. The van der Waals surface area contributed by atoms with E-state index in [1.165, 1.54) is 0 Å². The van der Waals surface area contributed by atoms with Gasteiger partial charge in [-0.25, -0.2) is 8.42 Å². The quantitative estimate of drug-likeness (QED) is 0.740. The Balaban J connectivity index is 2.22. The van der Waals surface area contributed by atoms with E-state index in [0.717, 1.165) is 11.5 Å². The molecule has 0 aliphatic carbocycles. The van der Waals surface area contributed by atoms with E-state index in [9.17, 15) is 8.42 Å². The van der Waals surface area contributed by atoms with E-state index < -0.39 is 9.84 Å². The van der Waals surface area contributed by atoms with Gasteiger partial charge in [0.25, 0.3) is 0 Å². The number of aryl methyl sites for hydroxylation is 1. The van der Waals surface area contributed by atoms with Crippen molar-refractivity contribution in [1.82, 2.24) is 5.32 Å². The lowest BCUT2D eigenvalue weighted by molar-refractivity contribution is 0.465. The van der Waals surface area contributed by atoms with Gasteiger partial charge in [0.1, 0.15) is 11.5 Å². The Morgan fingerprint density at radius 3 is 2.62 bits per heavy atom. The fourth-order valence-corrected chi connectivity index (χ4v) is 2.71. The summed E-state index contributed by atoms with van der Waals surface area (Å²) in [6.07, 6.45) is 0.680. The van der Waals surface area contributed by atoms with Gasteiger partial charge in [0.05, 0.1) is 12.3 Å². The maximum atomic E-state index is 11.4. The first-order valence-electron chi connectivity index (χ1n) is 5.50. The molecule has 0 fully saturated rings. The molecular weight excluding hydrogens is 226 g/mol. The lowest BCUT2D eigenvalue weighted by Crippen LogP contribution is -2.23. The van der Waals surface area contributed by atoms with Crippen molar-refractivity contribution in [3.8, 4) is 0 Å². The Labute approximate surface area is 97.0 Å². The van der Waals surface area contributed by atoms with Crippen LogP contribution < -0.4 is 5.32 Å². The Morgan fingerprint density at radius 2 is 2.06 bits per heavy atom. The molecule has 0 amide bonds. The van der Waals surface area contributed by atoms with E-state index in [-0.39, 0.29) is 11.5 Å². The highest BCUT2D eigenvalue weighted by molar-refractivity contribution is 7.91. The molecule has 0 spiro atoms. The monoisotopic (exact) mass is 245 g/mol. The molecule has 5 heteroatoms. The van der Waals surface area contributed by atoms with Gasteiger partial charge in [0, 0.05) is 12.3 Å². The van der Waals surface area contributed by atoms with Gasteiger partial charge in [-0.3, -0.25) is 0 Å². The summed E-state index contributed by atoms with van der Waals surface area (Å²) in [6, 6.07) is 3.79. The van der Waals surface area contributed by atoms with Crippen LogP contribution in [0.1, 0.15) is 24.9 Å². The predicted octanol–water partition coefficient (Wildman–Crippen LogP) is 1.50. The van der Waals surface area contributed by atoms with Crippen molar-refractivity contribution in [2.24, 2.45) is 0 Å². The van der Waals surface area contributed by atoms with Crippen LogP contribution in [0.4, 0.5) is 0 Å². The highest BCUT2D eigenvalue weighted by Crippen LogP contribution is 2.05. The molecule has 4 nitrogen and oxygen atoms in total. The van der Waals surface area contributed by atoms with Crippen LogP contribution >= 0.6 is 0 Å². The summed E-state index contributed by atoms with van der Waals surface area (Å²) in [6.45, 7) is 4.81. The van der Waals surface area contributed by atoms with Gasteiger partial charge in [0.15, 0.2) is 9.84 Å². The van der Waals surface area contributed by atoms with Crippen molar-refractivity contribution in [3.63, 3.8) is 0 Å². The van der Waals surface area contributed by atoms with Crippen LogP contribution in [0, 0.1) is 6.92 Å². The van der Waals surface area contributed by atoms with E-state index in [4.69, 9.17) is 4.42 Å². The molecule has 1 aromatic heterocycles. The van der Waals surface area contributed by atoms with Crippen molar-refractivity contribution in [3.05, 3.63) is 23.7 Å². The molecule has 0 saturated carbocycles. The van der Waals surface area contributed by atoms with Gasteiger partial charge < -0.3 is 9.73 Å². The van der Waals surface area contributed by atoms with Gasteiger partial charge in [0.2, 0.25) is 0 Å². The summed E-state index contributed by atoms with van der Waals surface area (Å²) >= 11 is 0. The molecule has 0 saturated heterocycles. The van der Waals surface area contributed by atoms with E-state index in [1.807, 2.05) is 26.0 Å². The van der Waals surface area contributed by atoms with Crippen LogP contribution in [0.2, 0.25) is 0 Å². The Kier molecular flexibility index (Phi) is 5.02. The average molecular weight is 245 g/mol. The zero-order valence-electron chi connectivity index (χ0n) is 9.82. The molecule has 92 valence electrons. The topological polar surface area (TPSA) is 59.3 Å². The van der Waals surface area contributed by atoms with Crippen LogP contribution in [-0.4, -0.2) is 26.5 Å². The first-order valence-corrected chi connectivity index (χ1v) is 7.32. The molecule has 0 radical (unpaired) electrons. The average Bonchev–Trinajstić information content (AvgIpc) is 2.59. The minimum absolute atomic E-state index is 0.195. The molecule has 1 heterocycles. The number of hydrogen-bond acceptors (Lipinski definition) is 4. The van der Waals surface area contributed by atoms with Gasteiger partial charge in [-0.2, -0.15) is 0 Å². The summed E-state index contributed by atoms with van der Waals surface area (Å²) in [5.74, 6) is 2.18. The van der Waals surface area contributed by atoms with Crippen LogP contribution in [-0.2, 0) is 16.4 Å². The minimum Gasteiger partial charge on any atom is -0.465 e. The maximum Gasteiger partial charge on any atom is 0.151 e. The van der Waals surface area contributed by atoms with Crippen molar-refractivity contribution < 1.29 is 12.8 Å². The summed E-state index contributed by atoms with van der Waals surface area (Å²) < 4.78 is 28.1. The van der Waals surface area contributed by atoms with Crippen molar-refractivity contribution in [1.29, 1.82) is 0 Å². The number of sulfone groups is 1. The van der Waals surface area contributed by atoms with Gasteiger partial charge >= 0.3 is 0 Å². The molecular formula is C11H19NO3S. The van der Waals surface area contributed by atoms with E-state index in [2.05, 4.69) is 5.32 Å². The third-order valence-corrected chi connectivity index (χ3v) is 4.06. The highest BCUT2D eigenvalue weighted by atomic mass is 32.2. The van der Waals surface area contributed by atoms with E-state index in [0.29, 0.717) is 19.5 Å². The molecule has 0 aromatic carbocycles.